The first-order valence-corrected chi connectivity index (χ1v) is 50.7. The molecule has 9 atom stereocenters. The Kier molecular flexibility index (Phi) is 53.4. The van der Waals surface area contributed by atoms with Gasteiger partial charge in [-0.3, -0.25) is 43.7 Å². The summed E-state index contributed by atoms with van der Waals surface area (Å²) < 4.78 is 82.9. The Bertz CT molecular complexity index is 4870. The minimum Gasteiger partial charge on any atom is -0.479 e. The molecule has 0 unspecified atom stereocenters. The number of hydrogen-bond acceptors (Lipinski definition) is 30. The maximum Gasteiger partial charge on any atom is 0.411 e. The van der Waals surface area contributed by atoms with Crippen LogP contribution in [0.2, 0.25) is 0 Å². The van der Waals surface area contributed by atoms with Crippen LogP contribution < -0.4 is 46.9 Å². The molecule has 12 N–H and O–H groups in total. The Morgan fingerprint density at radius 2 is 1.10 bits per heavy atom. The van der Waals surface area contributed by atoms with Gasteiger partial charge in [0.15, 0.2) is 6.10 Å². The molecule has 0 bridgehead atoms. The molecule has 9 amide bonds. The number of benzene rings is 4. The van der Waals surface area contributed by atoms with Gasteiger partial charge >= 0.3 is 18.0 Å². The van der Waals surface area contributed by atoms with Crippen molar-refractivity contribution in [2.45, 2.75) is 212 Å². The highest BCUT2D eigenvalue weighted by Crippen LogP contribution is 2.47. The number of rotatable bonds is 67. The SMILES string of the molecule is CN[C@H](C(=O)N[C@H](C(=O)N(C)[C@H](/C=C(\C)C(=O)O)C(C)C)C(C)(C)C)C(C)(C)c1cccc(NC(=O)OCc2ccc(O[C@@H]3O[C@H](C(=O)O)[C@@H](O)[C@H](O)[C@H]3O)c(CNC(=O)CCNC(=O)[C@H](CNC(=O)CCOCCOCCOCCOCCOCCOCCOCCOCCOCCOCCOCCOC)NC(=O)C3CCC4(CC3)CCN(C(=O)CCCCC(=O)N3Cc5ccccc5C#Cc5ccccc53)CC4)c2)c1. The second kappa shape index (κ2) is 64.6. The van der Waals surface area contributed by atoms with Gasteiger partial charge in [0.25, 0.3) is 0 Å². The maximum atomic E-state index is 14.5. The first-order valence-electron chi connectivity index (χ1n) is 50.7. The fourth-order valence-electron chi connectivity index (χ4n) is 17.2. The molecule has 1 saturated carbocycles. The number of piperidine rings is 1. The van der Waals surface area contributed by atoms with E-state index in [1.54, 1.807) is 50.4 Å². The molecule has 0 radical (unpaired) electrons. The molecule has 41 nitrogen and oxygen atoms in total. The molecular formula is C106H156N10O31. The molecule has 147 heavy (non-hydrogen) atoms. The number of nitrogens with zero attached hydrogens (tertiary/aromatic N) is 3. The van der Waals surface area contributed by atoms with E-state index >= 15 is 0 Å². The zero-order valence-electron chi connectivity index (χ0n) is 87.0. The van der Waals surface area contributed by atoms with Crippen molar-refractivity contribution in [2.24, 2.45) is 22.7 Å². The van der Waals surface area contributed by atoms with Gasteiger partial charge in [-0.1, -0.05) is 115 Å². The highest BCUT2D eigenvalue weighted by molar-refractivity contribution is 5.96. The number of nitrogens with one attached hydrogen (secondary N) is 7. The minimum absolute atomic E-state index is 0.00173. The molecule has 3 aliphatic heterocycles. The summed E-state index contributed by atoms with van der Waals surface area (Å²) in [6.07, 6.45) is -4.34. The Morgan fingerprint density at radius 1 is 0.571 bits per heavy atom. The molecule has 4 aromatic carbocycles. The van der Waals surface area contributed by atoms with E-state index in [1.165, 1.54) is 36.1 Å². The topological polar surface area (TPSA) is 521 Å². The third kappa shape index (κ3) is 41.6. The van der Waals surface area contributed by atoms with Gasteiger partial charge in [-0.15, -0.1) is 0 Å². The molecule has 1 spiro atoms. The number of carboxylic acid groups (broad SMARTS) is 2. The van der Waals surface area contributed by atoms with Gasteiger partial charge in [-0.2, -0.15) is 0 Å². The van der Waals surface area contributed by atoms with Crippen molar-refractivity contribution >= 4 is 76.7 Å². The molecule has 2 saturated heterocycles. The number of carbonyl (C=O) groups excluding carboxylic acids is 9. The summed E-state index contributed by atoms with van der Waals surface area (Å²) in [5, 5.41) is 71.6. The number of aliphatic hydroxyl groups excluding tert-OH is 3. The predicted molar refractivity (Wildman–Crippen MR) is 540 cm³/mol. The summed E-state index contributed by atoms with van der Waals surface area (Å²) in [7, 11) is 4.80. The number of aliphatic hydroxyl groups is 3. The van der Waals surface area contributed by atoms with E-state index in [9.17, 15) is 78.3 Å². The number of fused-ring (bicyclic) bond motifs is 2. The largest absolute Gasteiger partial charge is 0.479 e. The van der Waals surface area contributed by atoms with Gasteiger partial charge in [-0.05, 0) is 141 Å². The Balaban J connectivity index is 0.799. The number of hydrogen-bond donors (Lipinski definition) is 12. The average Bonchev–Trinajstić information content (AvgIpc) is 0.826. The first-order chi connectivity index (χ1) is 70.5. The van der Waals surface area contributed by atoms with Crippen LogP contribution in [-0.4, -0.2) is 355 Å². The third-order valence-corrected chi connectivity index (χ3v) is 26.0. The molecule has 816 valence electrons. The smallest absolute Gasteiger partial charge is 0.411 e. The van der Waals surface area contributed by atoms with Crippen molar-refractivity contribution in [3.63, 3.8) is 0 Å². The van der Waals surface area contributed by atoms with Crippen molar-refractivity contribution in [2.75, 3.05) is 210 Å². The minimum atomic E-state index is -2.05. The van der Waals surface area contributed by atoms with Crippen molar-refractivity contribution < 1.29 is 149 Å². The monoisotopic (exact) mass is 2070 g/mol. The number of para-hydroxylation sites is 1. The summed E-state index contributed by atoms with van der Waals surface area (Å²) in [6, 6.07) is 22.4. The van der Waals surface area contributed by atoms with Crippen LogP contribution >= 0.6 is 0 Å². The number of amides is 9. The van der Waals surface area contributed by atoms with E-state index in [-0.39, 0.29) is 111 Å². The maximum absolute atomic E-state index is 14.5. The van der Waals surface area contributed by atoms with Crippen molar-refractivity contribution in [1.29, 1.82) is 0 Å². The van der Waals surface area contributed by atoms with Crippen LogP contribution in [0.25, 0.3) is 0 Å². The number of methoxy groups -OCH3 is 1. The second-order valence-corrected chi connectivity index (χ2v) is 38.6. The fourth-order valence-corrected chi connectivity index (χ4v) is 17.2. The molecule has 3 heterocycles. The van der Waals surface area contributed by atoms with Crippen LogP contribution in [0.3, 0.4) is 0 Å². The lowest BCUT2D eigenvalue weighted by molar-refractivity contribution is -0.271. The Labute approximate surface area is 861 Å². The summed E-state index contributed by atoms with van der Waals surface area (Å²) in [5.41, 5.74) is 2.80. The van der Waals surface area contributed by atoms with E-state index in [1.807, 2.05) is 102 Å². The van der Waals surface area contributed by atoms with Gasteiger partial charge in [0.1, 0.15) is 42.8 Å². The second-order valence-electron chi connectivity index (χ2n) is 38.6. The van der Waals surface area contributed by atoms with E-state index in [0.717, 1.165) is 35.2 Å². The van der Waals surface area contributed by atoms with Crippen molar-refractivity contribution in [3.8, 4) is 17.6 Å². The number of carboxylic acids is 2. The highest BCUT2D eigenvalue weighted by atomic mass is 16.7. The van der Waals surface area contributed by atoms with Crippen LogP contribution in [-0.2, 0) is 139 Å². The van der Waals surface area contributed by atoms with E-state index in [4.69, 9.17) is 71.1 Å². The van der Waals surface area contributed by atoms with Crippen LogP contribution in [0, 0.1) is 34.5 Å². The van der Waals surface area contributed by atoms with Crippen LogP contribution in [0.5, 0.6) is 5.75 Å². The van der Waals surface area contributed by atoms with Gasteiger partial charge in [0, 0.05) is 112 Å². The lowest BCUT2D eigenvalue weighted by atomic mass is 9.65. The van der Waals surface area contributed by atoms with Crippen molar-refractivity contribution in [3.05, 3.63) is 136 Å². The lowest BCUT2D eigenvalue weighted by Gasteiger charge is -2.45. The number of anilines is 2. The molecule has 1 aliphatic carbocycles. The lowest BCUT2D eigenvalue weighted by Crippen LogP contribution is -2.61. The number of carbonyl (C=O) groups is 11. The van der Waals surface area contributed by atoms with E-state index in [2.05, 4.69) is 49.1 Å². The summed E-state index contributed by atoms with van der Waals surface area (Å²) in [5.74, 6) is -0.308. The van der Waals surface area contributed by atoms with Crippen LogP contribution in [0.4, 0.5) is 16.2 Å². The highest BCUT2D eigenvalue weighted by Gasteiger charge is 2.49. The van der Waals surface area contributed by atoms with Gasteiger partial charge in [0.2, 0.25) is 53.5 Å². The zero-order chi connectivity index (χ0) is 107. The molecule has 4 aromatic rings. The molecule has 8 rings (SSSR count). The van der Waals surface area contributed by atoms with E-state index < -0.39 is 132 Å². The molecule has 3 fully saturated rings. The summed E-state index contributed by atoms with van der Waals surface area (Å²) in [6.45, 7) is 23.3. The number of ether oxygens (including phenoxy) is 15. The molecule has 4 aliphatic rings. The van der Waals surface area contributed by atoms with Crippen LogP contribution in [0.1, 0.15) is 166 Å². The number of likely N-dealkylation sites (N-methyl/N-ethyl adjacent to an activating group) is 2. The Morgan fingerprint density at radius 3 is 1.65 bits per heavy atom. The molecule has 0 aromatic heterocycles. The quantitative estimate of drug-likeness (QED) is 0.0140. The standard InChI is InChI=1S/C106H156N10O31/c1-72(2)84(65-73(3)100(128)129)114(10)99(127)95(104(4,5)6)113-98(126)94(107-9)105(7,8)80-22-18-23-81(67-80)111-103(132)145-71-74-27-30-85(146-102-92(123)90(121)91(122)93(147-102)101(130)131)79(66-74)68-109-86(117)33-39-108-97(125)82(69-110-87(118)34-42-134-45-46-136-49-50-138-53-54-140-57-58-142-61-62-144-64-63-143-60-59-141-56-55-139-52-51-137-48-47-135-44-43-133-11)112-96(124)77-31-35-106(36-32-77)37-40-115(41-38-106)88(119)25-16-17-26-89(120)116-70-78-21-13-12-19-75(78)28-29-76-20-14-15-24-83(76)116/h12-15,18-24,27,30,65-67,72,77,82,84,90-95,102,107,121-123H,16-17,25-26,31-64,68-71H2,1-11H3,(H,108,125)(H,109,117)(H,110,118)(H,111,132)(H,112,124)(H,113,126)(H,128,129)(H,130,131)/b73-65+/t82-,84+,90-,91-,92+,93-,94+,95+,102+/m0/s1. The summed E-state index contributed by atoms with van der Waals surface area (Å²) >= 11 is 0. The normalized spacial score (nSPS) is 17.6. The predicted octanol–water partition coefficient (Wildman–Crippen LogP) is 5.87. The Hall–Kier alpha value is -10.7. The molecular weight excluding hydrogens is 1910 g/mol. The first kappa shape index (κ1) is 121. The number of aliphatic carboxylic acids is 2. The number of likely N-dealkylation sites (tertiary alicyclic amines) is 1. The van der Waals surface area contributed by atoms with Gasteiger partial charge in [-0.25, -0.2) is 14.4 Å². The summed E-state index contributed by atoms with van der Waals surface area (Å²) in [4.78, 5) is 155. The number of unbranched alkanes of at least 4 members (excludes halogenated alkanes) is 1. The molecule has 41 heteroatoms. The van der Waals surface area contributed by atoms with Crippen molar-refractivity contribution in [1.82, 2.24) is 41.7 Å². The zero-order valence-corrected chi connectivity index (χ0v) is 87.0. The third-order valence-electron chi connectivity index (χ3n) is 26.0. The average molecular weight is 2070 g/mol. The van der Waals surface area contributed by atoms with Crippen LogP contribution in [0.15, 0.2) is 103 Å². The van der Waals surface area contributed by atoms with Gasteiger partial charge in [0.05, 0.1) is 176 Å². The van der Waals surface area contributed by atoms with Gasteiger partial charge < -0.3 is 143 Å². The van der Waals surface area contributed by atoms with E-state index in [0.29, 0.717) is 201 Å². The fraction of sp³-hybridized carbons (Fsp3) is 0.632.